The summed E-state index contributed by atoms with van der Waals surface area (Å²) < 4.78 is 10.6. The molecule has 1 unspecified atom stereocenters. The van der Waals surface area contributed by atoms with Gasteiger partial charge in [-0.15, -0.1) is 0 Å². The third kappa shape index (κ3) is 3.62. The van der Waals surface area contributed by atoms with E-state index in [0.29, 0.717) is 29.4 Å². The maximum atomic E-state index is 11.7. The predicted octanol–water partition coefficient (Wildman–Crippen LogP) is 2.52. The topological polar surface area (TPSA) is 61.5 Å². The number of hydrogen-bond acceptors (Lipinski definition) is 4. The van der Waals surface area contributed by atoms with Gasteiger partial charge in [0.1, 0.15) is 5.75 Å². The van der Waals surface area contributed by atoms with Crippen LogP contribution in [0.25, 0.3) is 0 Å². The van der Waals surface area contributed by atoms with Crippen LogP contribution in [-0.2, 0) is 16.1 Å². The predicted molar refractivity (Wildman–Crippen MR) is 70.7 cm³/mol. The van der Waals surface area contributed by atoms with Crippen LogP contribution >= 0.6 is 11.6 Å². The Kier molecular flexibility index (Phi) is 5.95. The van der Waals surface area contributed by atoms with Crippen molar-refractivity contribution in [3.63, 3.8) is 0 Å². The van der Waals surface area contributed by atoms with Crippen LogP contribution in [0.3, 0.4) is 0 Å². The Hall–Kier alpha value is -1.26. The van der Waals surface area contributed by atoms with E-state index in [9.17, 15) is 4.79 Å². The van der Waals surface area contributed by atoms with Crippen molar-refractivity contribution < 1.29 is 14.3 Å². The first-order chi connectivity index (χ1) is 8.63. The van der Waals surface area contributed by atoms with E-state index in [0.717, 1.165) is 0 Å². The van der Waals surface area contributed by atoms with Gasteiger partial charge in [-0.25, -0.2) is 4.79 Å². The van der Waals surface area contributed by atoms with Gasteiger partial charge >= 0.3 is 5.97 Å². The SMILES string of the molecule is CCOC(=O)C(CC)Oc1cccc(Cl)c1CN. The molecule has 0 aliphatic rings. The molecule has 0 saturated heterocycles. The van der Waals surface area contributed by atoms with E-state index in [-0.39, 0.29) is 12.5 Å². The van der Waals surface area contributed by atoms with Crippen molar-refractivity contribution in [1.82, 2.24) is 0 Å². The summed E-state index contributed by atoms with van der Waals surface area (Å²) in [6.45, 7) is 4.20. The highest BCUT2D eigenvalue weighted by molar-refractivity contribution is 6.31. The summed E-state index contributed by atoms with van der Waals surface area (Å²) in [6.07, 6.45) is -0.108. The Morgan fingerprint density at radius 1 is 1.44 bits per heavy atom. The monoisotopic (exact) mass is 271 g/mol. The molecule has 1 aromatic carbocycles. The van der Waals surface area contributed by atoms with E-state index < -0.39 is 6.10 Å². The number of ether oxygens (including phenoxy) is 2. The lowest BCUT2D eigenvalue weighted by atomic mass is 10.2. The fraction of sp³-hybridized carbons (Fsp3) is 0.462. The van der Waals surface area contributed by atoms with E-state index in [2.05, 4.69) is 0 Å². The van der Waals surface area contributed by atoms with Gasteiger partial charge in [-0.1, -0.05) is 24.6 Å². The molecule has 18 heavy (non-hydrogen) atoms. The quantitative estimate of drug-likeness (QED) is 0.808. The van der Waals surface area contributed by atoms with Gasteiger partial charge in [0.15, 0.2) is 6.10 Å². The van der Waals surface area contributed by atoms with Gasteiger partial charge < -0.3 is 15.2 Å². The molecule has 4 nitrogen and oxygen atoms in total. The number of rotatable bonds is 6. The smallest absolute Gasteiger partial charge is 0.347 e. The van der Waals surface area contributed by atoms with Crippen LogP contribution in [0.15, 0.2) is 18.2 Å². The molecule has 0 bridgehead atoms. The zero-order valence-electron chi connectivity index (χ0n) is 10.6. The summed E-state index contributed by atoms with van der Waals surface area (Å²) >= 11 is 6.02. The van der Waals surface area contributed by atoms with Crippen molar-refractivity contribution >= 4 is 17.6 Å². The summed E-state index contributed by atoms with van der Waals surface area (Å²) in [6, 6.07) is 5.24. The third-order valence-electron chi connectivity index (χ3n) is 2.47. The summed E-state index contributed by atoms with van der Waals surface area (Å²) in [7, 11) is 0. The number of nitrogens with two attached hydrogens (primary N) is 1. The second kappa shape index (κ2) is 7.24. The molecule has 0 aromatic heterocycles. The van der Waals surface area contributed by atoms with Crippen molar-refractivity contribution in [2.24, 2.45) is 5.73 Å². The lowest BCUT2D eigenvalue weighted by Gasteiger charge is -2.18. The van der Waals surface area contributed by atoms with Crippen LogP contribution in [0.5, 0.6) is 5.75 Å². The van der Waals surface area contributed by atoms with Crippen molar-refractivity contribution in [3.8, 4) is 5.75 Å². The molecule has 0 spiro atoms. The minimum absolute atomic E-state index is 0.258. The highest BCUT2D eigenvalue weighted by Gasteiger charge is 2.21. The fourth-order valence-electron chi connectivity index (χ4n) is 1.53. The molecule has 100 valence electrons. The molecular formula is C13H18ClNO3. The molecule has 0 radical (unpaired) electrons. The average Bonchev–Trinajstić information content (AvgIpc) is 2.36. The molecule has 1 atom stereocenters. The third-order valence-corrected chi connectivity index (χ3v) is 2.82. The number of esters is 1. The molecule has 0 aliphatic heterocycles. The largest absolute Gasteiger partial charge is 0.478 e. The average molecular weight is 272 g/mol. The summed E-state index contributed by atoms with van der Waals surface area (Å²) in [5.74, 6) is 0.160. The number of carbonyl (C=O) groups excluding carboxylic acids is 1. The fourth-order valence-corrected chi connectivity index (χ4v) is 1.78. The van der Waals surface area contributed by atoms with Gasteiger partial charge in [-0.2, -0.15) is 0 Å². The molecule has 5 heteroatoms. The van der Waals surface area contributed by atoms with E-state index >= 15 is 0 Å². The molecule has 1 aromatic rings. The summed E-state index contributed by atoms with van der Waals surface area (Å²) in [4.78, 5) is 11.7. The minimum Gasteiger partial charge on any atom is -0.478 e. The molecule has 1 rings (SSSR count). The van der Waals surface area contributed by atoms with Crippen molar-refractivity contribution in [2.75, 3.05) is 6.61 Å². The Labute approximate surface area is 112 Å². The van der Waals surface area contributed by atoms with Crippen molar-refractivity contribution in [2.45, 2.75) is 32.9 Å². The maximum absolute atomic E-state index is 11.7. The first-order valence-electron chi connectivity index (χ1n) is 5.94. The van der Waals surface area contributed by atoms with Gasteiger partial charge in [-0.3, -0.25) is 0 Å². The lowest BCUT2D eigenvalue weighted by Crippen LogP contribution is -2.29. The van der Waals surface area contributed by atoms with Crippen LogP contribution < -0.4 is 10.5 Å². The van der Waals surface area contributed by atoms with E-state index in [1.54, 1.807) is 25.1 Å². The number of carbonyl (C=O) groups is 1. The lowest BCUT2D eigenvalue weighted by molar-refractivity contribution is -0.151. The molecule has 2 N–H and O–H groups in total. The van der Waals surface area contributed by atoms with Crippen LogP contribution in [0.2, 0.25) is 5.02 Å². The van der Waals surface area contributed by atoms with Crippen LogP contribution in [0.1, 0.15) is 25.8 Å². The number of benzene rings is 1. The van der Waals surface area contributed by atoms with E-state index in [1.807, 2.05) is 6.92 Å². The van der Waals surface area contributed by atoms with Crippen LogP contribution in [-0.4, -0.2) is 18.7 Å². The Morgan fingerprint density at radius 2 is 2.17 bits per heavy atom. The second-order valence-corrected chi connectivity index (χ2v) is 4.09. The zero-order chi connectivity index (χ0) is 13.5. The summed E-state index contributed by atoms with van der Waals surface area (Å²) in [5, 5.41) is 0.536. The normalized spacial score (nSPS) is 12.0. The van der Waals surface area contributed by atoms with Crippen LogP contribution in [0.4, 0.5) is 0 Å². The van der Waals surface area contributed by atoms with E-state index in [4.69, 9.17) is 26.8 Å². The first kappa shape index (κ1) is 14.8. The maximum Gasteiger partial charge on any atom is 0.347 e. The molecular weight excluding hydrogens is 254 g/mol. The van der Waals surface area contributed by atoms with Crippen LogP contribution in [0, 0.1) is 0 Å². The first-order valence-corrected chi connectivity index (χ1v) is 6.32. The Balaban J connectivity index is 2.88. The highest BCUT2D eigenvalue weighted by atomic mass is 35.5. The van der Waals surface area contributed by atoms with Crippen molar-refractivity contribution in [3.05, 3.63) is 28.8 Å². The standard InChI is InChI=1S/C13H18ClNO3/c1-3-11(13(16)17-4-2)18-12-7-5-6-10(14)9(12)8-15/h5-7,11H,3-4,8,15H2,1-2H3. The minimum atomic E-state index is -0.631. The zero-order valence-corrected chi connectivity index (χ0v) is 11.4. The molecule has 0 heterocycles. The molecule has 0 amide bonds. The molecule has 0 saturated carbocycles. The van der Waals surface area contributed by atoms with Gasteiger partial charge in [0.2, 0.25) is 0 Å². The van der Waals surface area contributed by atoms with E-state index in [1.165, 1.54) is 0 Å². The van der Waals surface area contributed by atoms with Gasteiger partial charge in [-0.05, 0) is 25.5 Å². The molecule has 0 aliphatic carbocycles. The van der Waals surface area contributed by atoms with Gasteiger partial charge in [0.05, 0.1) is 6.61 Å². The second-order valence-electron chi connectivity index (χ2n) is 3.69. The highest BCUT2D eigenvalue weighted by Crippen LogP contribution is 2.27. The van der Waals surface area contributed by atoms with Gasteiger partial charge in [0, 0.05) is 17.1 Å². The number of hydrogen-bond donors (Lipinski definition) is 1. The Morgan fingerprint density at radius 3 is 2.72 bits per heavy atom. The van der Waals surface area contributed by atoms with Gasteiger partial charge in [0.25, 0.3) is 0 Å². The van der Waals surface area contributed by atoms with Crippen molar-refractivity contribution in [1.29, 1.82) is 0 Å². The number of halogens is 1. The Bertz CT molecular complexity index is 409. The molecule has 0 fully saturated rings. The summed E-state index contributed by atoms with van der Waals surface area (Å²) in [5.41, 5.74) is 6.32.